The highest BCUT2D eigenvalue weighted by atomic mass is 16.5. The molecule has 21 heavy (non-hydrogen) atoms. The lowest BCUT2D eigenvalue weighted by atomic mass is 10.1. The molecule has 2 aromatic carbocycles. The molecular formula is C17H15O4+. The predicted octanol–water partition coefficient (Wildman–Crippen LogP) is 4.11. The van der Waals surface area contributed by atoms with E-state index in [4.69, 9.17) is 9.15 Å². The Balaban J connectivity index is 2.19. The zero-order valence-electron chi connectivity index (χ0n) is 11.8. The number of aromatic hydroxyl groups is 2. The van der Waals surface area contributed by atoms with Gasteiger partial charge >= 0.3 is 11.3 Å². The van der Waals surface area contributed by atoms with Gasteiger partial charge in [0, 0.05) is 12.1 Å². The quantitative estimate of drug-likeness (QED) is 0.695. The molecular weight excluding hydrogens is 268 g/mol. The molecule has 2 N–H and O–H groups in total. The molecule has 4 nitrogen and oxygen atoms in total. The standard InChI is InChI=1S/C17H14O4/c1-10-7-15(11-3-5-13(20-2)6-4-11)21-16-9-12(18)8-14(19)17(10)16/h3-9H,1-2H3,(H-,18,19)/p+1. The van der Waals surface area contributed by atoms with Gasteiger partial charge in [-0.2, -0.15) is 0 Å². The zero-order chi connectivity index (χ0) is 15.0. The van der Waals surface area contributed by atoms with Crippen LogP contribution < -0.4 is 4.74 Å². The molecule has 0 fully saturated rings. The molecule has 0 unspecified atom stereocenters. The summed E-state index contributed by atoms with van der Waals surface area (Å²) in [6.45, 7) is 1.89. The minimum atomic E-state index is -0.0324. The normalized spacial score (nSPS) is 10.8. The van der Waals surface area contributed by atoms with Gasteiger partial charge in [0.1, 0.15) is 22.6 Å². The summed E-state index contributed by atoms with van der Waals surface area (Å²) in [5.74, 6) is 1.40. The minimum Gasteiger partial charge on any atom is -0.507 e. The van der Waals surface area contributed by atoms with Crippen molar-refractivity contribution in [2.75, 3.05) is 7.11 Å². The molecule has 1 heterocycles. The van der Waals surface area contributed by atoms with Crippen LogP contribution in [0.15, 0.2) is 46.9 Å². The third-order valence-corrected chi connectivity index (χ3v) is 3.40. The van der Waals surface area contributed by atoms with Crippen molar-refractivity contribution < 1.29 is 19.4 Å². The Morgan fingerprint density at radius 3 is 2.38 bits per heavy atom. The molecule has 3 aromatic rings. The first kappa shape index (κ1) is 13.2. The molecule has 0 bridgehead atoms. The summed E-state index contributed by atoms with van der Waals surface area (Å²) in [6.07, 6.45) is 0. The Kier molecular flexibility index (Phi) is 3.14. The van der Waals surface area contributed by atoms with Gasteiger partial charge in [0.2, 0.25) is 0 Å². The number of methoxy groups -OCH3 is 1. The lowest BCUT2D eigenvalue weighted by Gasteiger charge is -2.01. The minimum absolute atomic E-state index is 0.00697. The van der Waals surface area contributed by atoms with Crippen molar-refractivity contribution in [3.8, 4) is 28.6 Å². The Bertz CT molecular complexity index is 807. The van der Waals surface area contributed by atoms with Crippen molar-refractivity contribution in [3.63, 3.8) is 0 Å². The third kappa shape index (κ3) is 2.36. The molecule has 1 aromatic heterocycles. The average molecular weight is 283 g/mol. The number of phenolic OH excluding ortho intramolecular Hbond substituents is 2. The van der Waals surface area contributed by atoms with Crippen LogP contribution in [0.4, 0.5) is 0 Å². The maximum Gasteiger partial charge on any atom is 0.368 e. The van der Waals surface area contributed by atoms with Crippen LogP contribution >= 0.6 is 0 Å². The van der Waals surface area contributed by atoms with Gasteiger partial charge in [-0.25, -0.2) is 4.42 Å². The van der Waals surface area contributed by atoms with Crippen LogP contribution in [0.1, 0.15) is 5.56 Å². The number of fused-ring (bicyclic) bond motifs is 1. The Morgan fingerprint density at radius 2 is 1.71 bits per heavy atom. The smallest absolute Gasteiger partial charge is 0.368 e. The summed E-state index contributed by atoms with van der Waals surface area (Å²) < 4.78 is 10.9. The number of ether oxygens (including phenoxy) is 1. The molecule has 0 aliphatic rings. The summed E-state index contributed by atoms with van der Waals surface area (Å²) >= 11 is 0. The van der Waals surface area contributed by atoms with Gasteiger partial charge in [-0.1, -0.05) is 0 Å². The molecule has 0 saturated carbocycles. The van der Waals surface area contributed by atoms with E-state index >= 15 is 0 Å². The van der Waals surface area contributed by atoms with E-state index in [1.807, 2.05) is 37.3 Å². The third-order valence-electron chi connectivity index (χ3n) is 3.40. The van der Waals surface area contributed by atoms with Crippen molar-refractivity contribution in [1.29, 1.82) is 0 Å². The van der Waals surface area contributed by atoms with Gasteiger partial charge in [0.05, 0.1) is 18.7 Å². The Morgan fingerprint density at radius 1 is 1.00 bits per heavy atom. The fraction of sp³-hybridized carbons (Fsp3) is 0.118. The topological polar surface area (TPSA) is 61.0 Å². The lowest BCUT2D eigenvalue weighted by Crippen LogP contribution is -1.86. The number of benzene rings is 2. The fourth-order valence-electron chi connectivity index (χ4n) is 2.38. The van der Waals surface area contributed by atoms with Crippen molar-refractivity contribution in [1.82, 2.24) is 0 Å². The van der Waals surface area contributed by atoms with E-state index in [9.17, 15) is 10.2 Å². The summed E-state index contributed by atoms with van der Waals surface area (Å²) in [4.78, 5) is 0. The highest BCUT2D eigenvalue weighted by Gasteiger charge is 2.20. The number of phenols is 2. The zero-order valence-corrected chi connectivity index (χ0v) is 11.8. The molecule has 4 heteroatoms. The SMILES string of the molecule is COc1ccc(-c2cc(C)c3c(O)cc(O)cc3[o+]2)cc1. The van der Waals surface area contributed by atoms with Gasteiger partial charge in [-0.05, 0) is 36.8 Å². The first-order valence-electron chi connectivity index (χ1n) is 6.52. The summed E-state index contributed by atoms with van der Waals surface area (Å²) in [7, 11) is 1.62. The summed E-state index contributed by atoms with van der Waals surface area (Å²) in [6, 6.07) is 12.2. The highest BCUT2D eigenvalue weighted by Crippen LogP contribution is 2.35. The molecule has 0 aliphatic heterocycles. The molecule has 0 saturated heterocycles. The van der Waals surface area contributed by atoms with E-state index in [0.717, 1.165) is 16.9 Å². The average Bonchev–Trinajstić information content (AvgIpc) is 2.46. The second-order valence-electron chi connectivity index (χ2n) is 4.86. The maximum atomic E-state index is 9.93. The van der Waals surface area contributed by atoms with Gasteiger partial charge in [0.15, 0.2) is 0 Å². The number of hydrogen-bond donors (Lipinski definition) is 2. The summed E-state index contributed by atoms with van der Waals surface area (Å²) in [5, 5.41) is 20.1. The van der Waals surface area contributed by atoms with Crippen LogP contribution in [0.2, 0.25) is 0 Å². The largest absolute Gasteiger partial charge is 0.507 e. The van der Waals surface area contributed by atoms with E-state index in [0.29, 0.717) is 16.7 Å². The van der Waals surface area contributed by atoms with E-state index < -0.39 is 0 Å². The monoisotopic (exact) mass is 283 g/mol. The van der Waals surface area contributed by atoms with Crippen LogP contribution in [0, 0.1) is 6.92 Å². The van der Waals surface area contributed by atoms with Crippen molar-refractivity contribution >= 4 is 11.0 Å². The van der Waals surface area contributed by atoms with E-state index in [1.165, 1.54) is 12.1 Å². The summed E-state index contributed by atoms with van der Waals surface area (Å²) in [5.41, 5.74) is 2.21. The Hall–Kier alpha value is -2.75. The second-order valence-corrected chi connectivity index (χ2v) is 4.86. The van der Waals surface area contributed by atoms with Crippen molar-refractivity contribution in [2.24, 2.45) is 0 Å². The van der Waals surface area contributed by atoms with Crippen LogP contribution in [0.25, 0.3) is 22.3 Å². The van der Waals surface area contributed by atoms with Crippen molar-refractivity contribution in [3.05, 3.63) is 48.0 Å². The van der Waals surface area contributed by atoms with Gasteiger partial charge in [0.25, 0.3) is 0 Å². The van der Waals surface area contributed by atoms with Crippen LogP contribution in [-0.4, -0.2) is 17.3 Å². The maximum absolute atomic E-state index is 9.93. The lowest BCUT2D eigenvalue weighted by molar-refractivity contribution is 0.415. The number of aryl methyl sites for hydroxylation is 1. The first-order chi connectivity index (χ1) is 10.1. The van der Waals surface area contributed by atoms with Crippen LogP contribution in [0.5, 0.6) is 17.2 Å². The van der Waals surface area contributed by atoms with Gasteiger partial charge in [-0.15, -0.1) is 0 Å². The molecule has 0 spiro atoms. The number of rotatable bonds is 2. The molecule has 0 radical (unpaired) electrons. The Labute approximate surface area is 121 Å². The molecule has 0 aliphatic carbocycles. The highest BCUT2D eigenvalue weighted by molar-refractivity contribution is 5.89. The van der Waals surface area contributed by atoms with Crippen LogP contribution in [-0.2, 0) is 0 Å². The molecule has 0 amide bonds. The molecule has 0 atom stereocenters. The van der Waals surface area contributed by atoms with Crippen LogP contribution in [0.3, 0.4) is 0 Å². The molecule has 106 valence electrons. The van der Waals surface area contributed by atoms with E-state index in [-0.39, 0.29) is 11.5 Å². The van der Waals surface area contributed by atoms with Crippen molar-refractivity contribution in [2.45, 2.75) is 6.92 Å². The fourth-order valence-corrected chi connectivity index (χ4v) is 2.38. The predicted molar refractivity (Wildman–Crippen MR) is 80.7 cm³/mol. The van der Waals surface area contributed by atoms with Gasteiger partial charge in [-0.3, -0.25) is 0 Å². The van der Waals surface area contributed by atoms with Gasteiger partial charge < -0.3 is 14.9 Å². The molecule has 3 rings (SSSR count). The van der Waals surface area contributed by atoms with E-state index in [1.54, 1.807) is 7.11 Å². The first-order valence-corrected chi connectivity index (χ1v) is 6.52. The van der Waals surface area contributed by atoms with E-state index in [2.05, 4.69) is 0 Å². The number of hydrogen-bond acceptors (Lipinski definition) is 3. The second kappa shape index (κ2) is 4.98.